The first-order valence-corrected chi connectivity index (χ1v) is 9.58. The van der Waals surface area contributed by atoms with Crippen LogP contribution in [0.3, 0.4) is 0 Å². The summed E-state index contributed by atoms with van der Waals surface area (Å²) in [7, 11) is 0. The van der Waals surface area contributed by atoms with Gasteiger partial charge in [-0.3, -0.25) is 4.79 Å². The van der Waals surface area contributed by atoms with E-state index < -0.39 is 36.5 Å². The summed E-state index contributed by atoms with van der Waals surface area (Å²) in [5.41, 5.74) is -0.477. The zero-order valence-corrected chi connectivity index (χ0v) is 17.3. The minimum atomic E-state index is -2.18. The van der Waals surface area contributed by atoms with Gasteiger partial charge in [-0.2, -0.15) is 0 Å². The molecule has 0 heterocycles. The fraction of sp³-hybridized carbons (Fsp3) is 0.867. The van der Waals surface area contributed by atoms with Crippen LogP contribution in [-0.2, 0) is 38.6 Å². The van der Waals surface area contributed by atoms with E-state index in [1.165, 1.54) is 0 Å². The summed E-state index contributed by atoms with van der Waals surface area (Å²) < 4.78 is 16.8. The maximum absolute atomic E-state index is 10.4. The Bertz CT molecular complexity index is 329. The Morgan fingerprint density at radius 1 is 0.870 bits per heavy atom. The van der Waals surface area contributed by atoms with Crippen molar-refractivity contribution in [3.63, 3.8) is 0 Å². The van der Waals surface area contributed by atoms with E-state index in [1.807, 2.05) is 41.5 Å². The summed E-state index contributed by atoms with van der Waals surface area (Å²) in [5, 5.41) is 10.4. The van der Waals surface area contributed by atoms with Crippen molar-refractivity contribution in [3.8, 4) is 0 Å². The van der Waals surface area contributed by atoms with Gasteiger partial charge in [0.15, 0.2) is 0 Å². The molecule has 0 saturated carbocycles. The first-order valence-electron chi connectivity index (χ1n) is 7.67. The topological polar surface area (TPSA) is 94.1 Å². The van der Waals surface area contributed by atoms with Crippen molar-refractivity contribution in [3.05, 3.63) is 0 Å². The Morgan fingerprint density at radius 3 is 1.30 bits per heavy atom. The van der Waals surface area contributed by atoms with Crippen molar-refractivity contribution >= 4 is 11.9 Å². The molecule has 0 saturated heterocycles. The molecule has 0 aromatic rings. The second-order valence-corrected chi connectivity index (χ2v) is 8.64. The SMILES string of the molecule is CC(C)(C)NC(=O)C(=O)O.CC(C)[O][Ti]([O]C(C)C)[O]C(C)C. The van der Waals surface area contributed by atoms with Crippen LogP contribution in [-0.4, -0.2) is 40.8 Å². The Hall–Kier alpha value is -0.466. The molecule has 137 valence electrons. The molecule has 7 nitrogen and oxygen atoms in total. The average molecular weight is 370 g/mol. The summed E-state index contributed by atoms with van der Waals surface area (Å²) in [4.78, 5) is 20.4. The number of nitrogens with one attached hydrogen (secondary N) is 1. The first kappa shape index (κ1) is 24.8. The molecule has 2 N–H and O–H groups in total. The molecular weight excluding hydrogens is 338 g/mol. The molecule has 0 aromatic heterocycles. The number of rotatable bonds is 6. The van der Waals surface area contributed by atoms with Gasteiger partial charge >= 0.3 is 101 Å². The van der Waals surface area contributed by atoms with E-state index in [9.17, 15) is 9.59 Å². The summed E-state index contributed by atoms with van der Waals surface area (Å²) >= 11 is -2.18. The van der Waals surface area contributed by atoms with Gasteiger partial charge in [-0.05, 0) is 20.8 Å². The zero-order valence-electron chi connectivity index (χ0n) is 15.7. The van der Waals surface area contributed by atoms with Gasteiger partial charge in [0, 0.05) is 5.54 Å². The third-order valence-corrected chi connectivity index (χ3v) is 4.79. The molecule has 8 heteroatoms. The van der Waals surface area contributed by atoms with Gasteiger partial charge in [0.05, 0.1) is 0 Å². The Labute approximate surface area is 147 Å². The Balaban J connectivity index is 0. The van der Waals surface area contributed by atoms with Gasteiger partial charge in [-0.15, -0.1) is 0 Å². The standard InChI is InChI=1S/C6H11NO3.3C3H7O.Ti/c1-6(2,3)7-4(8)5(9)10;3*1-3(2)4;/h1-3H3,(H,7,8)(H,9,10);3*3H,1-2H3;/q;3*-1;+3. The van der Waals surface area contributed by atoms with Crippen LogP contribution >= 0.6 is 0 Å². The van der Waals surface area contributed by atoms with Crippen LogP contribution in [0.5, 0.6) is 0 Å². The number of amides is 1. The monoisotopic (exact) mass is 370 g/mol. The van der Waals surface area contributed by atoms with Gasteiger partial charge in [-0.1, -0.05) is 0 Å². The number of aliphatic carboxylic acids is 1. The fourth-order valence-corrected chi connectivity index (χ4v) is 3.12. The fourth-order valence-electron chi connectivity index (χ4n) is 1.05. The molecule has 1 amide bonds. The molecule has 0 rings (SSSR count). The molecule has 0 aliphatic carbocycles. The average Bonchev–Trinajstić information content (AvgIpc) is 2.23. The van der Waals surface area contributed by atoms with E-state index in [-0.39, 0.29) is 18.3 Å². The van der Waals surface area contributed by atoms with E-state index in [0.29, 0.717) is 0 Å². The molecule has 0 aliphatic heterocycles. The summed E-state index contributed by atoms with van der Waals surface area (Å²) in [6.07, 6.45) is 0.562. The Morgan fingerprint density at radius 2 is 1.17 bits per heavy atom. The van der Waals surface area contributed by atoms with E-state index in [2.05, 4.69) is 5.32 Å². The summed E-state index contributed by atoms with van der Waals surface area (Å²) in [5.74, 6) is -2.41. The van der Waals surface area contributed by atoms with Gasteiger partial charge in [-0.25, -0.2) is 4.79 Å². The van der Waals surface area contributed by atoms with E-state index in [4.69, 9.17) is 15.1 Å². The molecule has 23 heavy (non-hydrogen) atoms. The molecule has 0 atom stereocenters. The van der Waals surface area contributed by atoms with Gasteiger partial charge < -0.3 is 10.4 Å². The van der Waals surface area contributed by atoms with Crippen molar-refractivity contribution in [2.75, 3.05) is 0 Å². The van der Waals surface area contributed by atoms with Crippen LogP contribution in [0.15, 0.2) is 0 Å². The van der Waals surface area contributed by atoms with Crippen LogP contribution in [0.25, 0.3) is 0 Å². The zero-order chi connectivity index (χ0) is 18.8. The quantitative estimate of drug-likeness (QED) is 0.551. The van der Waals surface area contributed by atoms with Crippen molar-refractivity contribution in [2.45, 2.75) is 86.2 Å². The molecule has 0 aromatic carbocycles. The van der Waals surface area contributed by atoms with Crippen LogP contribution in [0.1, 0.15) is 62.3 Å². The van der Waals surface area contributed by atoms with Crippen LogP contribution in [0, 0.1) is 0 Å². The molecule has 0 fully saturated rings. The van der Waals surface area contributed by atoms with Gasteiger partial charge in [0.2, 0.25) is 0 Å². The second-order valence-electron chi connectivity index (χ2n) is 6.76. The van der Waals surface area contributed by atoms with Crippen molar-refractivity contribution in [1.82, 2.24) is 5.32 Å². The summed E-state index contributed by atoms with van der Waals surface area (Å²) in [6, 6.07) is 0. The first-order chi connectivity index (χ1) is 10.2. The molecule has 0 spiro atoms. The van der Waals surface area contributed by atoms with Crippen molar-refractivity contribution < 1.29 is 43.7 Å². The van der Waals surface area contributed by atoms with Gasteiger partial charge in [0.1, 0.15) is 0 Å². The molecule has 0 unspecified atom stereocenters. The van der Waals surface area contributed by atoms with E-state index in [1.54, 1.807) is 20.8 Å². The van der Waals surface area contributed by atoms with Crippen molar-refractivity contribution in [2.24, 2.45) is 0 Å². The second kappa shape index (κ2) is 12.0. The molecular formula is C15H32NO6Ti. The van der Waals surface area contributed by atoms with Crippen LogP contribution < -0.4 is 5.32 Å². The predicted octanol–water partition coefficient (Wildman–Crippen LogP) is 2.61. The molecule has 0 aliphatic rings. The summed E-state index contributed by atoms with van der Waals surface area (Å²) in [6.45, 7) is 17.2. The third-order valence-electron chi connectivity index (χ3n) is 1.68. The molecule has 0 bridgehead atoms. The van der Waals surface area contributed by atoms with E-state index >= 15 is 0 Å². The number of hydrogen-bond donors (Lipinski definition) is 2. The van der Waals surface area contributed by atoms with Gasteiger partial charge in [0.25, 0.3) is 0 Å². The number of carboxylic acids is 1. The normalized spacial score (nSPS) is 11.3. The Kier molecular flexibility index (Phi) is 12.9. The predicted molar refractivity (Wildman–Crippen MR) is 84.2 cm³/mol. The number of hydrogen-bond acceptors (Lipinski definition) is 5. The van der Waals surface area contributed by atoms with Crippen LogP contribution in [0.2, 0.25) is 0 Å². The van der Waals surface area contributed by atoms with Crippen molar-refractivity contribution in [1.29, 1.82) is 0 Å². The number of carbonyl (C=O) groups excluding carboxylic acids is 1. The maximum atomic E-state index is 10.4. The minimum absolute atomic E-state index is 0.187. The molecule has 0 radical (unpaired) electrons. The number of carbonyl (C=O) groups is 2. The third kappa shape index (κ3) is 19.5. The number of carboxylic acid groups (broad SMARTS) is 1. The van der Waals surface area contributed by atoms with Crippen LogP contribution in [0.4, 0.5) is 0 Å². The van der Waals surface area contributed by atoms with E-state index in [0.717, 1.165) is 0 Å².